The van der Waals surface area contributed by atoms with Gasteiger partial charge < -0.3 is 9.88 Å². The molecule has 3 heterocycles. The van der Waals surface area contributed by atoms with Gasteiger partial charge in [0.25, 0.3) is 0 Å². The molecule has 1 aliphatic heterocycles. The molecule has 0 spiro atoms. The normalized spacial score (nSPS) is 16.5. The van der Waals surface area contributed by atoms with Gasteiger partial charge in [-0.25, -0.2) is 4.39 Å². The molecule has 1 N–H and O–H groups in total. The zero-order valence-corrected chi connectivity index (χ0v) is 17.2. The van der Waals surface area contributed by atoms with Crippen molar-refractivity contribution in [2.24, 2.45) is 0 Å². The van der Waals surface area contributed by atoms with E-state index in [0.29, 0.717) is 18.7 Å². The Morgan fingerprint density at radius 3 is 2.68 bits per heavy atom. The van der Waals surface area contributed by atoms with E-state index in [1.807, 2.05) is 35.5 Å². The number of fused-ring (bicyclic) bond motifs is 1. The quantitative estimate of drug-likeness (QED) is 0.492. The molecule has 0 aliphatic carbocycles. The van der Waals surface area contributed by atoms with Crippen LogP contribution in [0, 0.1) is 5.82 Å². The number of amides is 1. The minimum atomic E-state index is -0.319. The number of hydrogen-bond donors (Lipinski definition) is 1. The average molecular weight is 413 g/mol. The first-order valence-corrected chi connectivity index (χ1v) is 10.7. The van der Waals surface area contributed by atoms with Crippen LogP contribution in [0.3, 0.4) is 0 Å². The zero-order chi connectivity index (χ0) is 21.2. The first kappa shape index (κ1) is 19.5. The number of rotatable bonds is 4. The second-order valence-electron chi connectivity index (χ2n) is 8.14. The van der Waals surface area contributed by atoms with Crippen LogP contribution in [0.15, 0.2) is 73.1 Å². The number of H-pyrrole nitrogens is 1. The number of piperidine rings is 1. The molecule has 0 saturated carbocycles. The minimum Gasteiger partial charge on any atom is -0.358 e. The predicted octanol–water partition coefficient (Wildman–Crippen LogP) is 5.32. The molecule has 1 amide bonds. The van der Waals surface area contributed by atoms with E-state index in [0.717, 1.165) is 29.6 Å². The maximum atomic E-state index is 14.0. The molecule has 31 heavy (non-hydrogen) atoms. The monoisotopic (exact) mass is 413 g/mol. The Kier molecular flexibility index (Phi) is 5.24. The van der Waals surface area contributed by atoms with Crippen molar-refractivity contribution in [3.8, 4) is 11.1 Å². The Morgan fingerprint density at radius 2 is 1.84 bits per heavy atom. The Labute approximate surface area is 180 Å². The summed E-state index contributed by atoms with van der Waals surface area (Å²) in [4.78, 5) is 22.7. The van der Waals surface area contributed by atoms with Gasteiger partial charge in [-0.1, -0.05) is 36.4 Å². The molecule has 156 valence electrons. The summed E-state index contributed by atoms with van der Waals surface area (Å²) in [6, 6.07) is 18.9. The second-order valence-corrected chi connectivity index (χ2v) is 8.14. The number of pyridine rings is 1. The summed E-state index contributed by atoms with van der Waals surface area (Å²) in [6.45, 7) is 1.35. The van der Waals surface area contributed by atoms with E-state index in [1.54, 1.807) is 18.2 Å². The lowest BCUT2D eigenvalue weighted by atomic mass is 9.89. The molecule has 4 aromatic rings. The zero-order valence-electron chi connectivity index (χ0n) is 17.2. The molecular weight excluding hydrogens is 389 g/mol. The number of benzene rings is 2. The van der Waals surface area contributed by atoms with Crippen LogP contribution in [-0.4, -0.2) is 33.9 Å². The highest BCUT2D eigenvalue weighted by molar-refractivity contribution is 5.97. The Morgan fingerprint density at radius 1 is 1.06 bits per heavy atom. The number of para-hydroxylation sites is 1. The van der Waals surface area contributed by atoms with E-state index in [2.05, 4.69) is 28.2 Å². The highest BCUT2D eigenvalue weighted by Crippen LogP contribution is 2.39. The third-order valence-corrected chi connectivity index (χ3v) is 6.19. The molecule has 2 aromatic heterocycles. The van der Waals surface area contributed by atoms with Crippen LogP contribution in [-0.2, 0) is 11.2 Å². The molecule has 0 radical (unpaired) electrons. The molecular formula is C26H24FN3O. The summed E-state index contributed by atoms with van der Waals surface area (Å²) in [5.41, 5.74) is 5.02. The largest absolute Gasteiger partial charge is 0.358 e. The highest BCUT2D eigenvalue weighted by Gasteiger charge is 2.29. The number of likely N-dealkylation sites (tertiary alicyclic amines) is 1. The van der Waals surface area contributed by atoms with Gasteiger partial charge in [0.05, 0.1) is 6.42 Å². The van der Waals surface area contributed by atoms with E-state index in [9.17, 15) is 9.18 Å². The molecule has 1 saturated heterocycles. The molecule has 1 aliphatic rings. The number of halogens is 1. The molecule has 5 heteroatoms. The van der Waals surface area contributed by atoms with Crippen LogP contribution in [0.2, 0.25) is 0 Å². The number of nitrogens with zero attached hydrogens (tertiary/aromatic N) is 2. The Bertz CT molecular complexity index is 1220. The highest BCUT2D eigenvalue weighted by atomic mass is 19.1. The van der Waals surface area contributed by atoms with E-state index in [-0.39, 0.29) is 24.1 Å². The van der Waals surface area contributed by atoms with Crippen LogP contribution in [0.5, 0.6) is 0 Å². The van der Waals surface area contributed by atoms with Crippen LogP contribution < -0.4 is 0 Å². The third-order valence-electron chi connectivity index (χ3n) is 6.19. The van der Waals surface area contributed by atoms with Crippen molar-refractivity contribution < 1.29 is 9.18 Å². The third kappa shape index (κ3) is 3.83. The molecule has 0 bridgehead atoms. The number of carbonyl (C=O) groups is 1. The van der Waals surface area contributed by atoms with Crippen molar-refractivity contribution in [1.29, 1.82) is 0 Å². The smallest absolute Gasteiger partial charge is 0.227 e. The lowest BCUT2D eigenvalue weighted by Crippen LogP contribution is -2.40. The summed E-state index contributed by atoms with van der Waals surface area (Å²) < 4.78 is 14.0. The summed E-state index contributed by atoms with van der Waals surface area (Å²) >= 11 is 0. The Hall–Kier alpha value is -3.47. The maximum absolute atomic E-state index is 14.0. The standard InChI is InChI=1S/C26H24FN3O/c27-22-9-3-1-6-19(22)16-24(31)30-15-5-7-20(17-30)26-25(18-11-13-28-14-12-18)21-8-2-4-10-23(21)29-26/h1-4,6,8-14,20,29H,5,7,15-17H2. The molecule has 4 nitrogen and oxygen atoms in total. The molecule has 1 atom stereocenters. The molecule has 2 aromatic carbocycles. The second kappa shape index (κ2) is 8.34. The van der Waals surface area contributed by atoms with Crippen molar-refractivity contribution in [3.63, 3.8) is 0 Å². The fourth-order valence-electron chi connectivity index (χ4n) is 4.65. The predicted molar refractivity (Wildman–Crippen MR) is 120 cm³/mol. The van der Waals surface area contributed by atoms with Crippen molar-refractivity contribution in [2.75, 3.05) is 13.1 Å². The van der Waals surface area contributed by atoms with E-state index in [4.69, 9.17) is 0 Å². The number of aromatic amines is 1. The summed E-state index contributed by atoms with van der Waals surface area (Å²) in [7, 11) is 0. The summed E-state index contributed by atoms with van der Waals surface area (Å²) in [6.07, 6.45) is 5.66. The number of hydrogen-bond acceptors (Lipinski definition) is 2. The lowest BCUT2D eigenvalue weighted by Gasteiger charge is -2.33. The van der Waals surface area contributed by atoms with Crippen molar-refractivity contribution >= 4 is 16.8 Å². The van der Waals surface area contributed by atoms with Gasteiger partial charge in [0.2, 0.25) is 5.91 Å². The maximum Gasteiger partial charge on any atom is 0.227 e. The number of carbonyl (C=O) groups excluding carboxylic acids is 1. The van der Waals surface area contributed by atoms with Gasteiger partial charge in [-0.15, -0.1) is 0 Å². The van der Waals surface area contributed by atoms with Gasteiger partial charge in [0, 0.05) is 53.6 Å². The first-order chi connectivity index (χ1) is 15.2. The van der Waals surface area contributed by atoms with Crippen molar-refractivity contribution in [2.45, 2.75) is 25.2 Å². The van der Waals surface area contributed by atoms with Gasteiger partial charge in [-0.3, -0.25) is 9.78 Å². The van der Waals surface area contributed by atoms with Gasteiger partial charge in [-0.2, -0.15) is 0 Å². The van der Waals surface area contributed by atoms with E-state index in [1.165, 1.54) is 17.0 Å². The number of nitrogens with one attached hydrogen (secondary N) is 1. The topological polar surface area (TPSA) is 49.0 Å². The fraction of sp³-hybridized carbons (Fsp3) is 0.231. The average Bonchev–Trinajstić information content (AvgIpc) is 3.21. The summed E-state index contributed by atoms with van der Waals surface area (Å²) in [5.74, 6) is -0.134. The number of aromatic nitrogens is 2. The van der Waals surface area contributed by atoms with E-state index >= 15 is 0 Å². The van der Waals surface area contributed by atoms with E-state index < -0.39 is 0 Å². The molecule has 1 fully saturated rings. The lowest BCUT2D eigenvalue weighted by molar-refractivity contribution is -0.131. The first-order valence-electron chi connectivity index (χ1n) is 10.7. The van der Waals surface area contributed by atoms with Crippen molar-refractivity contribution in [1.82, 2.24) is 14.9 Å². The van der Waals surface area contributed by atoms with Crippen LogP contribution >= 0.6 is 0 Å². The fourth-order valence-corrected chi connectivity index (χ4v) is 4.65. The molecule has 5 rings (SSSR count). The van der Waals surface area contributed by atoms with Crippen LogP contribution in [0.4, 0.5) is 4.39 Å². The van der Waals surface area contributed by atoms with Gasteiger partial charge in [-0.05, 0) is 48.2 Å². The molecule has 1 unspecified atom stereocenters. The SMILES string of the molecule is O=C(Cc1ccccc1F)N1CCCC(c2[nH]c3ccccc3c2-c2ccncc2)C1. The van der Waals surface area contributed by atoms with Gasteiger partial charge >= 0.3 is 0 Å². The van der Waals surface area contributed by atoms with Crippen molar-refractivity contribution in [3.05, 3.63) is 90.1 Å². The van der Waals surface area contributed by atoms with Crippen LogP contribution in [0.25, 0.3) is 22.0 Å². The van der Waals surface area contributed by atoms with Crippen LogP contribution in [0.1, 0.15) is 30.0 Å². The van der Waals surface area contributed by atoms with Gasteiger partial charge in [0.1, 0.15) is 5.82 Å². The Balaban J connectivity index is 1.45. The minimum absolute atomic E-state index is 0.0172. The van der Waals surface area contributed by atoms with Gasteiger partial charge in [0.15, 0.2) is 0 Å². The summed E-state index contributed by atoms with van der Waals surface area (Å²) in [5, 5.41) is 1.18.